The van der Waals surface area contributed by atoms with Crippen LogP contribution >= 0.6 is 0 Å². The minimum Gasteiger partial charge on any atom is -0.498 e. The third kappa shape index (κ3) is 3.03. The summed E-state index contributed by atoms with van der Waals surface area (Å²) < 4.78 is 16.2. The highest BCUT2D eigenvalue weighted by molar-refractivity contribution is 5.77. The molecule has 2 heterocycles. The van der Waals surface area contributed by atoms with Crippen LogP contribution in [-0.4, -0.2) is 54.2 Å². The lowest BCUT2D eigenvalue weighted by atomic mass is 10.1. The standard InChI is InChI=1S/C18H23NO6/c1-12-13(2)25-18(24-12)9-15(16(20)23-3)19(11-18,17(21)22)10-14-7-5-4-6-8-14/h4-8,12-13,15H,9-11H2,1-3H3/t12-,13-,15+,19?/m1/s1. The third-order valence-electron chi connectivity index (χ3n) is 5.23. The molecule has 2 aliphatic heterocycles. The van der Waals surface area contributed by atoms with Crippen molar-refractivity contribution in [2.45, 2.75) is 50.8 Å². The number of rotatable bonds is 3. The maximum atomic E-state index is 12.4. The summed E-state index contributed by atoms with van der Waals surface area (Å²) in [6, 6.07) is 8.20. The highest BCUT2D eigenvalue weighted by atomic mass is 16.8. The molecule has 136 valence electrons. The SMILES string of the molecule is COC(=O)[C@@H]1CC2(C[N+]1(Cc1ccccc1)C(=O)[O-])O[C@H](C)[C@@H](C)O2. The van der Waals surface area contributed by atoms with Crippen molar-refractivity contribution < 1.29 is 33.4 Å². The van der Waals surface area contributed by atoms with Crippen molar-refractivity contribution in [1.82, 2.24) is 0 Å². The van der Waals surface area contributed by atoms with E-state index >= 15 is 0 Å². The zero-order valence-corrected chi connectivity index (χ0v) is 14.6. The van der Waals surface area contributed by atoms with Crippen molar-refractivity contribution in [3.05, 3.63) is 35.9 Å². The van der Waals surface area contributed by atoms with Crippen molar-refractivity contribution in [2.24, 2.45) is 0 Å². The molecule has 2 saturated heterocycles. The van der Waals surface area contributed by atoms with E-state index in [4.69, 9.17) is 14.2 Å². The van der Waals surface area contributed by atoms with Gasteiger partial charge in [0.05, 0.1) is 25.7 Å². The van der Waals surface area contributed by atoms with Gasteiger partial charge in [-0.1, -0.05) is 30.3 Å². The van der Waals surface area contributed by atoms with Crippen LogP contribution in [0.1, 0.15) is 25.8 Å². The van der Waals surface area contributed by atoms with Gasteiger partial charge in [0.25, 0.3) is 6.09 Å². The lowest BCUT2D eigenvalue weighted by Gasteiger charge is -2.38. The van der Waals surface area contributed by atoms with Gasteiger partial charge in [0.2, 0.25) is 5.79 Å². The summed E-state index contributed by atoms with van der Waals surface area (Å²) in [4.78, 5) is 24.6. The molecule has 7 nitrogen and oxygen atoms in total. The van der Waals surface area contributed by atoms with Gasteiger partial charge in [0.15, 0.2) is 6.04 Å². The fourth-order valence-electron chi connectivity index (χ4n) is 3.89. The number of benzene rings is 1. The Balaban J connectivity index is 2.01. The maximum Gasteiger partial charge on any atom is 0.365 e. The fourth-order valence-corrected chi connectivity index (χ4v) is 3.89. The highest BCUT2D eigenvalue weighted by Crippen LogP contribution is 2.44. The van der Waals surface area contributed by atoms with E-state index in [0.717, 1.165) is 5.56 Å². The van der Waals surface area contributed by atoms with Crippen LogP contribution in [0.5, 0.6) is 0 Å². The predicted octanol–water partition coefficient (Wildman–Crippen LogP) is 0.812. The number of carboxylic acid groups (broad SMARTS) is 1. The molecule has 2 aliphatic rings. The normalized spacial score (nSPS) is 33.5. The first kappa shape index (κ1) is 17.8. The summed E-state index contributed by atoms with van der Waals surface area (Å²) in [7, 11) is 1.25. The Morgan fingerprint density at radius 1 is 1.24 bits per heavy atom. The number of ether oxygens (including phenoxy) is 3. The largest absolute Gasteiger partial charge is 0.498 e. The van der Waals surface area contributed by atoms with Gasteiger partial charge < -0.3 is 24.1 Å². The number of hydrogen-bond donors (Lipinski definition) is 0. The van der Waals surface area contributed by atoms with E-state index in [1.807, 2.05) is 44.2 Å². The van der Waals surface area contributed by atoms with Crippen LogP contribution in [-0.2, 0) is 25.5 Å². The van der Waals surface area contributed by atoms with Gasteiger partial charge >= 0.3 is 5.97 Å². The first-order valence-electron chi connectivity index (χ1n) is 8.37. The molecule has 25 heavy (non-hydrogen) atoms. The monoisotopic (exact) mass is 349 g/mol. The van der Waals surface area contributed by atoms with Gasteiger partial charge in [-0.25, -0.2) is 4.79 Å². The van der Waals surface area contributed by atoms with Gasteiger partial charge in [-0.15, -0.1) is 0 Å². The molecular formula is C18H23NO6. The van der Waals surface area contributed by atoms with Crippen LogP contribution in [0, 0.1) is 0 Å². The molecular weight excluding hydrogens is 326 g/mol. The van der Waals surface area contributed by atoms with Crippen LogP contribution in [0.15, 0.2) is 30.3 Å². The van der Waals surface area contributed by atoms with E-state index in [2.05, 4.69) is 0 Å². The zero-order chi connectivity index (χ0) is 18.2. The van der Waals surface area contributed by atoms with Crippen LogP contribution in [0.25, 0.3) is 0 Å². The number of carbonyl (C=O) groups is 2. The van der Waals surface area contributed by atoms with Crippen molar-refractivity contribution in [3.63, 3.8) is 0 Å². The predicted molar refractivity (Wildman–Crippen MR) is 84.9 cm³/mol. The molecule has 0 N–H and O–H groups in total. The smallest absolute Gasteiger partial charge is 0.365 e. The van der Waals surface area contributed by atoms with Crippen molar-refractivity contribution in [2.75, 3.05) is 13.7 Å². The Morgan fingerprint density at radius 3 is 2.36 bits per heavy atom. The molecule has 0 radical (unpaired) electrons. The molecule has 7 heteroatoms. The van der Waals surface area contributed by atoms with Crippen molar-refractivity contribution in [3.8, 4) is 0 Å². The second-order valence-electron chi connectivity index (χ2n) is 6.90. The Labute approximate surface area is 146 Å². The van der Waals surface area contributed by atoms with Crippen LogP contribution < -0.4 is 5.11 Å². The van der Waals surface area contributed by atoms with E-state index < -0.39 is 28.4 Å². The van der Waals surface area contributed by atoms with Gasteiger partial charge in [-0.3, -0.25) is 4.48 Å². The Morgan fingerprint density at radius 2 is 1.84 bits per heavy atom. The van der Waals surface area contributed by atoms with Crippen molar-refractivity contribution in [1.29, 1.82) is 0 Å². The molecule has 1 spiro atoms. The van der Waals surface area contributed by atoms with E-state index in [9.17, 15) is 14.7 Å². The van der Waals surface area contributed by atoms with Gasteiger partial charge in [-0.2, -0.15) is 0 Å². The number of carbonyl (C=O) groups excluding carboxylic acids is 2. The number of amides is 1. The van der Waals surface area contributed by atoms with Gasteiger partial charge in [0, 0.05) is 5.56 Å². The lowest BCUT2D eigenvalue weighted by molar-refractivity contribution is -0.896. The van der Waals surface area contributed by atoms with Gasteiger partial charge in [-0.05, 0) is 13.8 Å². The molecule has 0 saturated carbocycles. The number of hydrogen-bond acceptors (Lipinski definition) is 6. The van der Waals surface area contributed by atoms with E-state index in [1.54, 1.807) is 0 Å². The number of nitrogens with zero attached hydrogens (tertiary/aromatic N) is 1. The number of methoxy groups -OCH3 is 1. The minimum absolute atomic E-state index is 0.00132. The second kappa shape index (κ2) is 6.40. The van der Waals surface area contributed by atoms with Crippen LogP contribution in [0.3, 0.4) is 0 Å². The molecule has 1 amide bonds. The average molecular weight is 349 g/mol. The number of quaternary nitrogens is 1. The van der Waals surface area contributed by atoms with Crippen LogP contribution in [0.2, 0.25) is 0 Å². The molecule has 0 aliphatic carbocycles. The third-order valence-corrected chi connectivity index (χ3v) is 5.23. The number of likely N-dealkylation sites (tertiary alicyclic amines) is 1. The quantitative estimate of drug-likeness (QED) is 0.593. The van der Waals surface area contributed by atoms with Crippen LogP contribution in [0.4, 0.5) is 4.79 Å². The molecule has 3 rings (SSSR count). The molecule has 0 bridgehead atoms. The summed E-state index contributed by atoms with van der Waals surface area (Å²) >= 11 is 0. The second-order valence-corrected chi connectivity index (χ2v) is 6.90. The average Bonchev–Trinajstić information content (AvgIpc) is 3.04. The summed E-state index contributed by atoms with van der Waals surface area (Å²) in [6.45, 7) is 3.84. The Bertz CT molecular complexity index is 653. The molecule has 0 aromatic heterocycles. The number of esters is 1. The molecule has 1 unspecified atom stereocenters. The minimum atomic E-state index is -1.34. The highest BCUT2D eigenvalue weighted by Gasteiger charge is 2.64. The van der Waals surface area contributed by atoms with E-state index in [1.165, 1.54) is 7.11 Å². The maximum absolute atomic E-state index is 12.4. The summed E-state index contributed by atoms with van der Waals surface area (Å²) in [5.74, 6) is -1.72. The Hall–Kier alpha value is -1.96. The fraction of sp³-hybridized carbons (Fsp3) is 0.556. The van der Waals surface area contributed by atoms with Gasteiger partial charge in [0.1, 0.15) is 13.1 Å². The summed E-state index contributed by atoms with van der Waals surface area (Å²) in [5.41, 5.74) is 0.789. The molecule has 1 aromatic carbocycles. The topological polar surface area (TPSA) is 84.9 Å². The Kier molecular flexibility index (Phi) is 4.57. The molecule has 2 fully saturated rings. The first-order chi connectivity index (χ1) is 11.8. The molecule has 4 atom stereocenters. The van der Waals surface area contributed by atoms with E-state index in [0.29, 0.717) is 0 Å². The first-order valence-corrected chi connectivity index (χ1v) is 8.37. The zero-order valence-electron chi connectivity index (χ0n) is 14.6. The van der Waals surface area contributed by atoms with E-state index in [-0.39, 0.29) is 31.7 Å². The molecule has 1 aromatic rings. The van der Waals surface area contributed by atoms with Crippen molar-refractivity contribution >= 4 is 12.1 Å². The summed E-state index contributed by atoms with van der Waals surface area (Å²) in [6.07, 6.45) is -1.58. The lowest BCUT2D eigenvalue weighted by Crippen LogP contribution is -2.63. The summed E-state index contributed by atoms with van der Waals surface area (Å²) in [5, 5.41) is 12.2.